The van der Waals surface area contributed by atoms with Crippen molar-refractivity contribution < 1.29 is 28.6 Å². The van der Waals surface area contributed by atoms with E-state index in [2.05, 4.69) is 106 Å². The van der Waals surface area contributed by atoms with Gasteiger partial charge in [-0.15, -0.1) is 0 Å². The molecule has 0 amide bonds. The fraction of sp³-hybridized carbons (Fsp3) is 0.726. The lowest BCUT2D eigenvalue weighted by Gasteiger charge is -2.18. The van der Waals surface area contributed by atoms with Gasteiger partial charge in [0.2, 0.25) is 0 Å². The van der Waals surface area contributed by atoms with Gasteiger partial charge in [0.15, 0.2) is 6.10 Å². The van der Waals surface area contributed by atoms with Crippen LogP contribution in [0.25, 0.3) is 0 Å². The number of rotatable bonds is 51. The molecule has 0 bridgehead atoms. The van der Waals surface area contributed by atoms with Crippen LogP contribution in [0.2, 0.25) is 0 Å². The molecule has 6 nitrogen and oxygen atoms in total. The first-order valence-electron chi connectivity index (χ1n) is 28.6. The monoisotopic (exact) mass is 947 g/mol. The number of hydrogen-bond donors (Lipinski definition) is 0. The zero-order valence-electron chi connectivity index (χ0n) is 44.6. The Bertz CT molecular complexity index is 1320. The van der Waals surface area contributed by atoms with Gasteiger partial charge in [-0.3, -0.25) is 14.4 Å². The molecule has 0 aliphatic heterocycles. The van der Waals surface area contributed by atoms with Crippen molar-refractivity contribution in [3.05, 3.63) is 85.1 Å². The molecule has 0 spiro atoms. The Morgan fingerprint density at radius 2 is 0.618 bits per heavy atom. The fourth-order valence-corrected chi connectivity index (χ4v) is 7.85. The molecule has 0 aromatic rings. The predicted octanol–water partition coefficient (Wildman–Crippen LogP) is 19.2. The van der Waals surface area contributed by atoms with Crippen molar-refractivity contribution in [1.29, 1.82) is 0 Å². The van der Waals surface area contributed by atoms with Gasteiger partial charge >= 0.3 is 17.9 Å². The largest absolute Gasteiger partial charge is 0.462 e. The molecule has 0 rings (SSSR count). The first-order valence-corrected chi connectivity index (χ1v) is 28.6. The summed E-state index contributed by atoms with van der Waals surface area (Å²) in [7, 11) is 0. The molecule has 1 atom stereocenters. The summed E-state index contributed by atoms with van der Waals surface area (Å²) in [6, 6.07) is 0. The number of allylic oxidation sites excluding steroid dienone is 14. The van der Waals surface area contributed by atoms with E-state index in [0.717, 1.165) is 128 Å². The Labute approximate surface area is 420 Å². The van der Waals surface area contributed by atoms with Gasteiger partial charge in [-0.1, -0.05) is 234 Å². The highest BCUT2D eigenvalue weighted by atomic mass is 16.6. The number of carbonyl (C=O) groups excluding carboxylic acids is 3. The lowest BCUT2D eigenvalue weighted by atomic mass is 10.1. The van der Waals surface area contributed by atoms with E-state index in [1.807, 2.05) is 0 Å². The molecule has 1 unspecified atom stereocenters. The van der Waals surface area contributed by atoms with Gasteiger partial charge in [0, 0.05) is 19.3 Å². The van der Waals surface area contributed by atoms with Crippen LogP contribution in [0.3, 0.4) is 0 Å². The summed E-state index contributed by atoms with van der Waals surface area (Å²) < 4.78 is 16.8. The Balaban J connectivity index is 4.46. The maximum Gasteiger partial charge on any atom is 0.306 e. The Morgan fingerprint density at radius 3 is 0.985 bits per heavy atom. The normalized spacial score (nSPS) is 12.7. The molecule has 0 fully saturated rings. The van der Waals surface area contributed by atoms with E-state index in [4.69, 9.17) is 14.2 Å². The standard InChI is InChI=1S/C62H106O6/c1-4-7-10-13-16-19-22-25-28-30-32-34-37-40-43-46-49-52-55-61(64)67-58-59(57-66-60(63)54-51-48-45-42-39-36-27-24-21-18-15-12-9-6-3)68-62(65)56-53-50-47-44-41-38-35-33-31-29-26-23-20-17-14-11-8-5-2/h9,12,18,21,27-36,59H,4-8,10-11,13-17,19-20,22-26,37-58H2,1-3H3/b12-9-,21-18-,30-28-,31-29-,34-32-,35-33-,36-27-. The molecule has 0 aromatic carbocycles. The quantitative estimate of drug-likeness (QED) is 0.0199. The average molecular weight is 948 g/mol. The highest BCUT2D eigenvalue weighted by molar-refractivity contribution is 5.71. The summed E-state index contributed by atoms with van der Waals surface area (Å²) in [5.41, 5.74) is 0. The van der Waals surface area contributed by atoms with Crippen molar-refractivity contribution in [3.8, 4) is 0 Å². The molecule has 0 heterocycles. The smallest absolute Gasteiger partial charge is 0.306 e. The average Bonchev–Trinajstić information content (AvgIpc) is 3.34. The Kier molecular flexibility index (Phi) is 53.4. The summed E-state index contributed by atoms with van der Waals surface area (Å²) in [5.74, 6) is -0.945. The summed E-state index contributed by atoms with van der Waals surface area (Å²) in [5, 5.41) is 0. The van der Waals surface area contributed by atoms with E-state index < -0.39 is 6.10 Å². The second-order valence-electron chi connectivity index (χ2n) is 18.9. The lowest BCUT2D eigenvalue weighted by molar-refractivity contribution is -0.167. The van der Waals surface area contributed by atoms with E-state index in [9.17, 15) is 14.4 Å². The molecule has 0 radical (unpaired) electrons. The molecule has 390 valence electrons. The zero-order valence-corrected chi connectivity index (χ0v) is 44.6. The Hall–Kier alpha value is -3.41. The maximum atomic E-state index is 12.9. The van der Waals surface area contributed by atoms with Crippen molar-refractivity contribution in [1.82, 2.24) is 0 Å². The van der Waals surface area contributed by atoms with Crippen molar-refractivity contribution in [2.45, 2.75) is 277 Å². The molecule has 0 saturated carbocycles. The highest BCUT2D eigenvalue weighted by Gasteiger charge is 2.19. The molecule has 0 N–H and O–H groups in total. The molecule has 0 aliphatic carbocycles. The Morgan fingerprint density at radius 1 is 0.324 bits per heavy atom. The van der Waals surface area contributed by atoms with Crippen LogP contribution in [0.1, 0.15) is 271 Å². The third-order valence-electron chi connectivity index (χ3n) is 12.2. The van der Waals surface area contributed by atoms with Crippen LogP contribution in [-0.2, 0) is 28.6 Å². The zero-order chi connectivity index (χ0) is 49.3. The van der Waals surface area contributed by atoms with Crippen molar-refractivity contribution in [2.24, 2.45) is 0 Å². The lowest BCUT2D eigenvalue weighted by Crippen LogP contribution is -2.30. The summed E-state index contributed by atoms with van der Waals surface area (Å²) in [4.78, 5) is 38.1. The van der Waals surface area contributed by atoms with Crippen LogP contribution in [0.15, 0.2) is 85.1 Å². The third kappa shape index (κ3) is 53.5. The number of ether oxygens (including phenoxy) is 3. The van der Waals surface area contributed by atoms with E-state index in [1.165, 1.54) is 103 Å². The fourth-order valence-electron chi connectivity index (χ4n) is 7.85. The molecule has 0 saturated heterocycles. The van der Waals surface area contributed by atoms with Gasteiger partial charge in [0.25, 0.3) is 0 Å². The molecular weight excluding hydrogens is 841 g/mol. The minimum Gasteiger partial charge on any atom is -0.462 e. The molecule has 6 heteroatoms. The maximum absolute atomic E-state index is 12.9. The minimum absolute atomic E-state index is 0.0985. The van der Waals surface area contributed by atoms with Crippen LogP contribution < -0.4 is 0 Å². The number of esters is 3. The highest BCUT2D eigenvalue weighted by Crippen LogP contribution is 2.14. The first kappa shape index (κ1) is 64.6. The first-order chi connectivity index (χ1) is 33.5. The van der Waals surface area contributed by atoms with Crippen LogP contribution in [-0.4, -0.2) is 37.2 Å². The van der Waals surface area contributed by atoms with Gasteiger partial charge in [0.05, 0.1) is 0 Å². The third-order valence-corrected chi connectivity index (χ3v) is 12.2. The molecule has 0 aromatic heterocycles. The molecular formula is C62H106O6. The SMILES string of the molecule is CC/C=C\C/C=C\C/C=C\CCCCCCC(=O)OCC(COC(=O)CCCCCCC/C=C\C=C/CCCCCCCCC)OC(=O)CCCCCCC/C=C\C=C/CCCCCCCCC. The second-order valence-corrected chi connectivity index (χ2v) is 18.9. The van der Waals surface area contributed by atoms with E-state index in [-0.39, 0.29) is 31.1 Å². The van der Waals surface area contributed by atoms with Gasteiger partial charge in [-0.2, -0.15) is 0 Å². The van der Waals surface area contributed by atoms with Crippen LogP contribution in [0.5, 0.6) is 0 Å². The number of hydrogen-bond acceptors (Lipinski definition) is 6. The topological polar surface area (TPSA) is 78.9 Å². The van der Waals surface area contributed by atoms with Crippen molar-refractivity contribution in [2.75, 3.05) is 13.2 Å². The minimum atomic E-state index is -0.801. The number of carbonyl (C=O) groups is 3. The van der Waals surface area contributed by atoms with E-state index >= 15 is 0 Å². The van der Waals surface area contributed by atoms with Crippen LogP contribution in [0.4, 0.5) is 0 Å². The molecule has 0 aliphatic rings. The molecule has 68 heavy (non-hydrogen) atoms. The van der Waals surface area contributed by atoms with Gasteiger partial charge < -0.3 is 14.2 Å². The van der Waals surface area contributed by atoms with Gasteiger partial charge in [0.1, 0.15) is 13.2 Å². The summed E-state index contributed by atoms with van der Waals surface area (Å²) >= 11 is 0. The van der Waals surface area contributed by atoms with E-state index in [1.54, 1.807) is 0 Å². The van der Waals surface area contributed by atoms with Crippen LogP contribution >= 0.6 is 0 Å². The predicted molar refractivity (Wildman–Crippen MR) is 293 cm³/mol. The summed E-state index contributed by atoms with van der Waals surface area (Å²) in [6.07, 6.45) is 72.8. The van der Waals surface area contributed by atoms with E-state index in [0.29, 0.717) is 19.3 Å². The van der Waals surface area contributed by atoms with Gasteiger partial charge in [-0.05, 0) is 103 Å². The van der Waals surface area contributed by atoms with Gasteiger partial charge in [-0.25, -0.2) is 0 Å². The summed E-state index contributed by atoms with van der Waals surface area (Å²) in [6.45, 7) is 6.48. The second kappa shape index (κ2) is 56.2. The van der Waals surface area contributed by atoms with Crippen molar-refractivity contribution >= 4 is 17.9 Å². The number of unbranched alkanes of at least 4 members (excludes halogenated alkanes) is 28. The van der Waals surface area contributed by atoms with Crippen molar-refractivity contribution in [3.63, 3.8) is 0 Å². The van der Waals surface area contributed by atoms with Crippen LogP contribution in [0, 0.1) is 0 Å².